The molecule has 0 aliphatic carbocycles. The average molecular weight is 369 g/mol. The molecule has 2 aliphatic rings. The van der Waals surface area contributed by atoms with Crippen molar-refractivity contribution in [3.8, 4) is 0 Å². The summed E-state index contributed by atoms with van der Waals surface area (Å²) >= 11 is 0. The number of rotatable bonds is 5. The Labute approximate surface area is 158 Å². The van der Waals surface area contributed by atoms with Gasteiger partial charge >= 0.3 is 6.09 Å². The number of carbonyl (C=O) groups excluding carboxylic acids is 1. The molecule has 6 nitrogen and oxygen atoms in total. The predicted molar refractivity (Wildman–Crippen MR) is 97.9 cm³/mol. The number of aliphatic hydroxyl groups excluding tert-OH is 1. The number of aliphatic hydroxyl groups is 1. The molecule has 0 aromatic heterocycles. The molecule has 0 saturated carbocycles. The largest absolute Gasteiger partial charge is 0.445 e. The van der Waals surface area contributed by atoms with Gasteiger partial charge in [0.25, 0.3) is 0 Å². The van der Waals surface area contributed by atoms with E-state index >= 15 is 0 Å². The van der Waals surface area contributed by atoms with Crippen LogP contribution in [0.3, 0.4) is 0 Å². The summed E-state index contributed by atoms with van der Waals surface area (Å²) in [5, 5.41) is 10.3. The van der Waals surface area contributed by atoms with Crippen LogP contribution in [0.15, 0.2) is 60.7 Å². The first kappa shape index (κ1) is 18.0. The van der Waals surface area contributed by atoms with Gasteiger partial charge in [-0.25, -0.2) is 4.79 Å². The molecule has 2 fully saturated rings. The molecule has 2 heterocycles. The molecule has 4 rings (SSSR count). The summed E-state index contributed by atoms with van der Waals surface area (Å²) in [5.41, 5.74) is 1.97. The van der Waals surface area contributed by atoms with Gasteiger partial charge in [0.2, 0.25) is 0 Å². The van der Waals surface area contributed by atoms with Crippen LogP contribution in [-0.2, 0) is 27.4 Å². The van der Waals surface area contributed by atoms with E-state index in [-0.39, 0.29) is 25.4 Å². The van der Waals surface area contributed by atoms with Gasteiger partial charge in [-0.15, -0.1) is 0 Å². The Hall–Kier alpha value is -2.41. The van der Waals surface area contributed by atoms with Crippen molar-refractivity contribution in [1.29, 1.82) is 0 Å². The van der Waals surface area contributed by atoms with Gasteiger partial charge < -0.3 is 19.3 Å². The molecule has 0 spiro atoms. The van der Waals surface area contributed by atoms with Crippen LogP contribution in [0.2, 0.25) is 0 Å². The summed E-state index contributed by atoms with van der Waals surface area (Å²) in [5.74, 6) is 0. The minimum absolute atomic E-state index is 0.194. The van der Waals surface area contributed by atoms with Crippen LogP contribution in [0.5, 0.6) is 0 Å². The predicted octanol–water partition coefficient (Wildman–Crippen LogP) is 2.35. The van der Waals surface area contributed by atoms with Crippen molar-refractivity contribution < 1.29 is 24.1 Å². The highest BCUT2D eigenvalue weighted by Gasteiger charge is 2.53. The van der Waals surface area contributed by atoms with Gasteiger partial charge in [0.05, 0.1) is 25.8 Å². The highest BCUT2D eigenvalue weighted by molar-refractivity contribution is 5.69. The third kappa shape index (κ3) is 3.98. The summed E-state index contributed by atoms with van der Waals surface area (Å²) in [6.45, 7) is 1.16. The molecule has 6 heteroatoms. The normalized spacial score (nSPS) is 26.8. The fraction of sp³-hybridized carbons (Fsp3) is 0.381. The van der Waals surface area contributed by atoms with Crippen LogP contribution in [0.4, 0.5) is 4.79 Å². The number of nitrogens with zero attached hydrogens (tertiary/aromatic N) is 1. The molecule has 1 amide bonds. The second kappa shape index (κ2) is 8.08. The quantitative estimate of drug-likeness (QED) is 0.876. The van der Waals surface area contributed by atoms with Crippen LogP contribution in [0, 0.1) is 0 Å². The van der Waals surface area contributed by atoms with E-state index in [9.17, 15) is 9.90 Å². The van der Waals surface area contributed by atoms with E-state index in [1.807, 2.05) is 60.7 Å². The molecule has 2 aliphatic heterocycles. The lowest BCUT2D eigenvalue weighted by Crippen LogP contribution is -2.44. The van der Waals surface area contributed by atoms with Gasteiger partial charge in [-0.2, -0.15) is 0 Å². The molecule has 0 bridgehead atoms. The topological polar surface area (TPSA) is 68.2 Å². The van der Waals surface area contributed by atoms with Crippen molar-refractivity contribution >= 4 is 6.09 Å². The van der Waals surface area contributed by atoms with Gasteiger partial charge in [-0.1, -0.05) is 60.7 Å². The second-order valence-electron chi connectivity index (χ2n) is 6.88. The number of hydrogen-bond donors (Lipinski definition) is 1. The minimum Gasteiger partial charge on any atom is -0.445 e. The lowest BCUT2D eigenvalue weighted by Gasteiger charge is -2.24. The summed E-state index contributed by atoms with van der Waals surface area (Å²) in [7, 11) is 0. The molecule has 2 aromatic carbocycles. The van der Waals surface area contributed by atoms with Crippen molar-refractivity contribution in [2.24, 2.45) is 0 Å². The third-order valence-electron chi connectivity index (χ3n) is 5.04. The molecule has 27 heavy (non-hydrogen) atoms. The van der Waals surface area contributed by atoms with Gasteiger partial charge in [-0.05, 0) is 11.1 Å². The lowest BCUT2D eigenvalue weighted by molar-refractivity contribution is -0.0397. The highest BCUT2D eigenvalue weighted by Crippen LogP contribution is 2.32. The number of fused-ring (bicyclic) bond motifs is 1. The van der Waals surface area contributed by atoms with Crippen molar-refractivity contribution in [3.63, 3.8) is 0 Å². The molecular formula is C21H23NO5. The molecular weight excluding hydrogens is 346 g/mol. The minimum atomic E-state index is -0.732. The van der Waals surface area contributed by atoms with Crippen LogP contribution in [-0.4, -0.2) is 53.6 Å². The first-order valence-corrected chi connectivity index (χ1v) is 9.15. The Bertz CT molecular complexity index is 754. The summed E-state index contributed by atoms with van der Waals surface area (Å²) in [6.07, 6.45) is -1.82. The summed E-state index contributed by atoms with van der Waals surface area (Å²) < 4.78 is 17.2. The molecule has 0 radical (unpaired) electrons. The van der Waals surface area contributed by atoms with Gasteiger partial charge in [0.1, 0.15) is 24.9 Å². The van der Waals surface area contributed by atoms with E-state index in [0.717, 1.165) is 11.1 Å². The zero-order valence-corrected chi connectivity index (χ0v) is 14.9. The van der Waals surface area contributed by atoms with Crippen molar-refractivity contribution in [1.82, 2.24) is 4.90 Å². The molecule has 0 unspecified atom stereocenters. The SMILES string of the molecule is O=C(OCc1ccccc1)N1C[C@H](OCc2ccccc2)[C@H]2OC[C@H](O)[C@H]21. The smallest absolute Gasteiger partial charge is 0.410 e. The molecule has 1 N–H and O–H groups in total. The number of amides is 1. The summed E-state index contributed by atoms with van der Waals surface area (Å²) in [6, 6.07) is 18.9. The van der Waals surface area contributed by atoms with Crippen LogP contribution >= 0.6 is 0 Å². The zero-order chi connectivity index (χ0) is 18.6. The third-order valence-corrected chi connectivity index (χ3v) is 5.04. The van der Waals surface area contributed by atoms with Crippen molar-refractivity contribution in [2.75, 3.05) is 13.2 Å². The maximum atomic E-state index is 12.6. The molecule has 4 atom stereocenters. The molecule has 2 saturated heterocycles. The first-order valence-electron chi connectivity index (χ1n) is 9.15. The highest BCUT2D eigenvalue weighted by atomic mass is 16.6. The Kier molecular flexibility index (Phi) is 5.38. The van der Waals surface area contributed by atoms with Gasteiger partial charge in [0, 0.05) is 0 Å². The lowest BCUT2D eigenvalue weighted by atomic mass is 10.1. The van der Waals surface area contributed by atoms with Crippen LogP contribution < -0.4 is 0 Å². The van der Waals surface area contributed by atoms with E-state index in [0.29, 0.717) is 13.2 Å². The molecule has 2 aromatic rings. The van der Waals surface area contributed by atoms with E-state index < -0.39 is 18.2 Å². The van der Waals surface area contributed by atoms with E-state index in [4.69, 9.17) is 14.2 Å². The van der Waals surface area contributed by atoms with Crippen molar-refractivity contribution in [2.45, 2.75) is 37.6 Å². The Morgan fingerprint density at radius 3 is 2.33 bits per heavy atom. The summed E-state index contributed by atoms with van der Waals surface area (Å²) in [4.78, 5) is 14.2. The number of hydrogen-bond acceptors (Lipinski definition) is 5. The maximum absolute atomic E-state index is 12.6. The number of carbonyl (C=O) groups is 1. The number of likely N-dealkylation sites (tertiary alicyclic amines) is 1. The maximum Gasteiger partial charge on any atom is 0.410 e. The van der Waals surface area contributed by atoms with E-state index in [1.54, 1.807) is 4.90 Å². The van der Waals surface area contributed by atoms with Gasteiger partial charge in [0.15, 0.2) is 0 Å². The van der Waals surface area contributed by atoms with Crippen molar-refractivity contribution in [3.05, 3.63) is 71.8 Å². The first-order chi connectivity index (χ1) is 13.2. The zero-order valence-electron chi connectivity index (χ0n) is 14.9. The van der Waals surface area contributed by atoms with Crippen LogP contribution in [0.25, 0.3) is 0 Å². The molecule has 142 valence electrons. The fourth-order valence-corrected chi connectivity index (χ4v) is 3.68. The van der Waals surface area contributed by atoms with E-state index in [1.165, 1.54) is 0 Å². The monoisotopic (exact) mass is 369 g/mol. The Morgan fingerprint density at radius 1 is 1.04 bits per heavy atom. The van der Waals surface area contributed by atoms with Crippen LogP contribution in [0.1, 0.15) is 11.1 Å². The van der Waals surface area contributed by atoms with E-state index in [2.05, 4.69) is 0 Å². The van der Waals surface area contributed by atoms with Gasteiger partial charge in [-0.3, -0.25) is 4.90 Å². The average Bonchev–Trinajstić information content (AvgIpc) is 3.27. The Morgan fingerprint density at radius 2 is 1.67 bits per heavy atom. The second-order valence-corrected chi connectivity index (χ2v) is 6.88. The Balaban J connectivity index is 1.39. The number of benzene rings is 2. The standard InChI is InChI=1S/C21H23NO5/c23-17-14-26-20-18(25-12-15-7-3-1-4-8-15)11-22(19(17)20)21(24)27-13-16-9-5-2-6-10-16/h1-10,17-20,23H,11-14H2/t17-,18-,19+,20+/m0/s1. The number of ether oxygens (including phenoxy) is 3. The fourth-order valence-electron chi connectivity index (χ4n) is 3.68.